The SMILES string of the molecule is CCOc1cc(/C=C2/SC(=O)N(CC(=O)Nc3cccc(C)c3)C2=O)ccc1Oc1ccc([N+](=O)[O-])cc1[N+](=O)[O-]. The van der Waals surface area contributed by atoms with Crippen LogP contribution < -0.4 is 14.8 Å². The van der Waals surface area contributed by atoms with E-state index in [4.69, 9.17) is 9.47 Å². The van der Waals surface area contributed by atoms with E-state index in [0.29, 0.717) is 23.0 Å². The number of hydrogen-bond donors (Lipinski definition) is 1. The largest absolute Gasteiger partial charge is 0.490 e. The molecule has 14 heteroatoms. The number of non-ortho nitro benzene ring substituents is 1. The minimum atomic E-state index is -0.797. The molecule has 0 aromatic heterocycles. The van der Waals surface area contributed by atoms with Crippen LogP contribution in [0, 0.1) is 27.2 Å². The molecule has 0 unspecified atom stereocenters. The number of anilines is 1. The lowest BCUT2D eigenvalue weighted by Gasteiger charge is -2.13. The third-order valence-electron chi connectivity index (χ3n) is 5.61. The molecule has 0 radical (unpaired) electrons. The fraction of sp³-hybridized carbons (Fsp3) is 0.148. The zero-order valence-electron chi connectivity index (χ0n) is 21.7. The minimum Gasteiger partial charge on any atom is -0.490 e. The lowest BCUT2D eigenvalue weighted by molar-refractivity contribution is -0.394. The zero-order chi connectivity index (χ0) is 29.7. The topological polar surface area (TPSA) is 171 Å². The zero-order valence-corrected chi connectivity index (χ0v) is 22.5. The molecule has 0 saturated carbocycles. The molecular formula is C27H22N4O9S. The smallest absolute Gasteiger partial charge is 0.318 e. The van der Waals surface area contributed by atoms with Crippen molar-refractivity contribution < 1.29 is 33.7 Å². The first-order valence-corrected chi connectivity index (χ1v) is 12.9. The van der Waals surface area contributed by atoms with Crippen LogP contribution in [0.2, 0.25) is 0 Å². The van der Waals surface area contributed by atoms with Crippen molar-refractivity contribution in [3.63, 3.8) is 0 Å². The molecule has 210 valence electrons. The number of carbonyl (C=O) groups is 3. The molecule has 1 N–H and O–H groups in total. The van der Waals surface area contributed by atoms with Crippen LogP contribution in [-0.2, 0) is 9.59 Å². The van der Waals surface area contributed by atoms with Gasteiger partial charge in [0, 0.05) is 11.8 Å². The van der Waals surface area contributed by atoms with Crippen molar-refractivity contribution in [3.8, 4) is 17.2 Å². The van der Waals surface area contributed by atoms with Gasteiger partial charge < -0.3 is 14.8 Å². The Hall–Kier alpha value is -5.24. The van der Waals surface area contributed by atoms with Gasteiger partial charge in [0.15, 0.2) is 11.5 Å². The Morgan fingerprint density at radius 2 is 1.76 bits per heavy atom. The van der Waals surface area contributed by atoms with Crippen molar-refractivity contribution in [1.82, 2.24) is 4.90 Å². The first-order valence-electron chi connectivity index (χ1n) is 12.0. The third kappa shape index (κ3) is 6.86. The highest BCUT2D eigenvalue weighted by atomic mass is 32.2. The summed E-state index contributed by atoms with van der Waals surface area (Å²) in [7, 11) is 0. The molecule has 13 nitrogen and oxygen atoms in total. The van der Waals surface area contributed by atoms with E-state index in [1.54, 1.807) is 25.1 Å². The Morgan fingerprint density at radius 3 is 2.44 bits per heavy atom. The Bertz CT molecular complexity index is 1610. The van der Waals surface area contributed by atoms with Crippen molar-refractivity contribution >= 4 is 52.0 Å². The number of aryl methyl sites for hydroxylation is 1. The van der Waals surface area contributed by atoms with Crippen LogP contribution in [0.3, 0.4) is 0 Å². The van der Waals surface area contributed by atoms with E-state index in [1.165, 1.54) is 24.3 Å². The maximum atomic E-state index is 12.9. The van der Waals surface area contributed by atoms with Gasteiger partial charge in [-0.15, -0.1) is 0 Å². The van der Waals surface area contributed by atoms with E-state index in [-0.39, 0.29) is 28.8 Å². The second-order valence-electron chi connectivity index (χ2n) is 8.59. The van der Waals surface area contributed by atoms with Gasteiger partial charge in [-0.1, -0.05) is 18.2 Å². The number of thioether (sulfide) groups is 1. The monoisotopic (exact) mass is 578 g/mol. The molecule has 3 amide bonds. The first kappa shape index (κ1) is 28.8. The average Bonchev–Trinajstić information content (AvgIpc) is 3.17. The molecular weight excluding hydrogens is 556 g/mol. The Labute approximate surface area is 237 Å². The Balaban J connectivity index is 1.53. The average molecular weight is 579 g/mol. The highest BCUT2D eigenvalue weighted by Gasteiger charge is 2.36. The number of hydrogen-bond acceptors (Lipinski definition) is 10. The summed E-state index contributed by atoms with van der Waals surface area (Å²) in [6, 6.07) is 14.6. The molecule has 4 rings (SSSR count). The summed E-state index contributed by atoms with van der Waals surface area (Å²) in [4.78, 5) is 59.8. The van der Waals surface area contributed by atoms with Crippen LogP contribution >= 0.6 is 11.8 Å². The van der Waals surface area contributed by atoms with Gasteiger partial charge >= 0.3 is 5.69 Å². The van der Waals surface area contributed by atoms with E-state index in [0.717, 1.165) is 28.7 Å². The summed E-state index contributed by atoms with van der Waals surface area (Å²) < 4.78 is 11.3. The molecule has 0 spiro atoms. The van der Waals surface area contributed by atoms with Crippen LogP contribution in [0.15, 0.2) is 65.6 Å². The van der Waals surface area contributed by atoms with Crippen molar-refractivity contribution in [2.24, 2.45) is 0 Å². The Morgan fingerprint density at radius 1 is 1.00 bits per heavy atom. The summed E-state index contributed by atoms with van der Waals surface area (Å²) in [6.45, 7) is 3.32. The van der Waals surface area contributed by atoms with Gasteiger partial charge in [-0.3, -0.25) is 39.5 Å². The van der Waals surface area contributed by atoms with Crippen LogP contribution in [-0.4, -0.2) is 45.0 Å². The number of nitrogens with zero attached hydrogens (tertiary/aromatic N) is 3. The van der Waals surface area contributed by atoms with Crippen LogP contribution in [0.25, 0.3) is 6.08 Å². The van der Waals surface area contributed by atoms with Gasteiger partial charge in [0.1, 0.15) is 6.54 Å². The van der Waals surface area contributed by atoms with Gasteiger partial charge in [-0.25, -0.2) is 0 Å². The molecule has 1 fully saturated rings. The Kier molecular flexibility index (Phi) is 8.63. The van der Waals surface area contributed by atoms with Crippen molar-refractivity contribution in [3.05, 3.63) is 96.9 Å². The highest BCUT2D eigenvalue weighted by molar-refractivity contribution is 8.18. The lowest BCUT2D eigenvalue weighted by atomic mass is 10.1. The number of rotatable bonds is 10. The predicted octanol–water partition coefficient (Wildman–Crippen LogP) is 5.68. The van der Waals surface area contributed by atoms with Crippen LogP contribution in [0.5, 0.6) is 17.2 Å². The normalized spacial score (nSPS) is 13.8. The van der Waals surface area contributed by atoms with E-state index >= 15 is 0 Å². The fourth-order valence-electron chi connectivity index (χ4n) is 3.79. The molecule has 1 aliphatic rings. The maximum Gasteiger partial charge on any atom is 0.318 e. The van der Waals surface area contributed by atoms with Crippen LogP contribution in [0.1, 0.15) is 18.1 Å². The number of nitro benzene ring substituents is 2. The number of ether oxygens (including phenoxy) is 2. The van der Waals surface area contributed by atoms with Crippen molar-refractivity contribution in [2.75, 3.05) is 18.5 Å². The summed E-state index contributed by atoms with van der Waals surface area (Å²) >= 11 is 0.679. The second-order valence-corrected chi connectivity index (χ2v) is 9.59. The number of nitro groups is 2. The summed E-state index contributed by atoms with van der Waals surface area (Å²) in [5.41, 5.74) is 0.860. The summed E-state index contributed by atoms with van der Waals surface area (Å²) in [6.07, 6.45) is 1.45. The first-order chi connectivity index (χ1) is 19.5. The molecule has 41 heavy (non-hydrogen) atoms. The number of amides is 3. The quantitative estimate of drug-likeness (QED) is 0.179. The maximum absolute atomic E-state index is 12.9. The van der Waals surface area contributed by atoms with E-state index in [9.17, 15) is 34.6 Å². The summed E-state index contributed by atoms with van der Waals surface area (Å²) in [5.74, 6) is -1.15. The van der Waals surface area contributed by atoms with Gasteiger partial charge in [-0.2, -0.15) is 0 Å². The minimum absolute atomic E-state index is 0.0838. The number of benzene rings is 3. The molecule has 3 aromatic rings. The lowest BCUT2D eigenvalue weighted by Crippen LogP contribution is -2.36. The number of nitrogens with one attached hydrogen (secondary N) is 1. The molecule has 0 atom stereocenters. The number of imide groups is 1. The molecule has 1 aliphatic heterocycles. The highest BCUT2D eigenvalue weighted by Crippen LogP contribution is 2.39. The molecule has 0 bridgehead atoms. The predicted molar refractivity (Wildman–Crippen MR) is 150 cm³/mol. The van der Waals surface area contributed by atoms with Gasteiger partial charge in [0.25, 0.3) is 16.8 Å². The fourth-order valence-corrected chi connectivity index (χ4v) is 4.63. The molecule has 1 saturated heterocycles. The molecule has 1 heterocycles. The standard InChI is InChI=1S/C27H22N4O9S/c1-3-39-23-12-17(7-9-22(23)40-21-10-8-19(30(35)36)14-20(21)31(37)38)13-24-26(33)29(27(34)41-24)15-25(32)28-18-6-4-5-16(2)11-18/h4-14H,3,15H2,1-2H3,(H,28,32)/b24-13+. The summed E-state index contributed by atoms with van der Waals surface area (Å²) in [5, 5.41) is 24.5. The molecule has 0 aliphatic carbocycles. The van der Waals surface area contributed by atoms with E-state index < -0.39 is 44.8 Å². The molecule has 3 aromatic carbocycles. The number of carbonyl (C=O) groups excluding carboxylic acids is 3. The van der Waals surface area contributed by atoms with Crippen molar-refractivity contribution in [1.29, 1.82) is 0 Å². The second kappa shape index (κ2) is 12.3. The van der Waals surface area contributed by atoms with Gasteiger partial charge in [0.05, 0.1) is 27.4 Å². The van der Waals surface area contributed by atoms with E-state index in [1.807, 2.05) is 13.0 Å². The van der Waals surface area contributed by atoms with Gasteiger partial charge in [-0.05, 0) is 73.1 Å². The van der Waals surface area contributed by atoms with Crippen molar-refractivity contribution in [2.45, 2.75) is 13.8 Å². The third-order valence-corrected chi connectivity index (χ3v) is 6.52. The van der Waals surface area contributed by atoms with Gasteiger partial charge in [0.2, 0.25) is 11.7 Å². The van der Waals surface area contributed by atoms with E-state index in [2.05, 4.69) is 5.32 Å². The van der Waals surface area contributed by atoms with Crippen LogP contribution in [0.4, 0.5) is 21.9 Å².